The van der Waals surface area contributed by atoms with Crippen molar-refractivity contribution in [2.45, 2.75) is 64.3 Å². The fraction of sp³-hybridized carbons (Fsp3) is 0.680. The average Bonchev–Trinajstić information content (AvgIpc) is 3.19. The average molecular weight is 410 g/mol. The lowest BCUT2D eigenvalue weighted by molar-refractivity contribution is 0.0304. The highest BCUT2D eigenvalue weighted by Crippen LogP contribution is 2.40. The number of pyridine rings is 1. The molecule has 2 saturated carbocycles. The Labute approximate surface area is 179 Å². The fourth-order valence-corrected chi connectivity index (χ4v) is 6.09. The molecule has 5 nitrogen and oxygen atoms in total. The Morgan fingerprint density at radius 1 is 1.00 bits per heavy atom. The van der Waals surface area contributed by atoms with Gasteiger partial charge in [-0.05, 0) is 55.6 Å². The van der Waals surface area contributed by atoms with Gasteiger partial charge in [0.15, 0.2) is 0 Å². The molecule has 2 aromatic rings. The second-order valence-corrected chi connectivity index (χ2v) is 9.65. The molecule has 0 bridgehead atoms. The summed E-state index contributed by atoms with van der Waals surface area (Å²) < 4.78 is 7.72. The predicted octanol–water partition coefficient (Wildman–Crippen LogP) is 4.90. The van der Waals surface area contributed by atoms with E-state index in [1.165, 1.54) is 57.8 Å². The summed E-state index contributed by atoms with van der Waals surface area (Å²) in [7, 11) is 0. The zero-order chi connectivity index (χ0) is 20.3. The van der Waals surface area contributed by atoms with Gasteiger partial charge >= 0.3 is 0 Å². The van der Waals surface area contributed by atoms with E-state index in [0.717, 1.165) is 35.0 Å². The molecule has 1 amide bonds. The molecule has 0 atom stereocenters. The van der Waals surface area contributed by atoms with Gasteiger partial charge in [0.1, 0.15) is 5.52 Å². The standard InChI is InChI=1S/C25H35N3O2/c29-25(27-13-15-30-16-14-27)22-18-28(23-7-4-12-26-24(22)23)17-19-8-10-21(11-9-19)20-5-2-1-3-6-20/h4,7,12,18-21H,1-3,5-6,8-11,13-17H2. The van der Waals surface area contributed by atoms with Gasteiger partial charge in [0.05, 0.1) is 24.3 Å². The molecule has 0 spiro atoms. The molecule has 162 valence electrons. The highest BCUT2D eigenvalue weighted by Gasteiger charge is 2.29. The predicted molar refractivity (Wildman–Crippen MR) is 118 cm³/mol. The normalized spacial score (nSPS) is 26.2. The largest absolute Gasteiger partial charge is 0.378 e. The van der Waals surface area contributed by atoms with Crippen LogP contribution in [0, 0.1) is 17.8 Å². The minimum Gasteiger partial charge on any atom is -0.378 e. The summed E-state index contributed by atoms with van der Waals surface area (Å²) in [4.78, 5) is 19.6. The van der Waals surface area contributed by atoms with E-state index in [4.69, 9.17) is 4.74 Å². The molecular weight excluding hydrogens is 374 g/mol. The van der Waals surface area contributed by atoms with Crippen LogP contribution in [0.1, 0.15) is 68.1 Å². The number of nitrogens with zero attached hydrogens (tertiary/aromatic N) is 3. The van der Waals surface area contributed by atoms with Gasteiger partial charge in [-0.15, -0.1) is 0 Å². The summed E-state index contributed by atoms with van der Waals surface area (Å²) in [5.74, 6) is 2.77. The van der Waals surface area contributed by atoms with Gasteiger partial charge in [-0.1, -0.05) is 32.1 Å². The molecule has 3 heterocycles. The molecule has 0 N–H and O–H groups in total. The summed E-state index contributed by atoms with van der Waals surface area (Å²) in [5, 5.41) is 0. The Morgan fingerprint density at radius 2 is 1.73 bits per heavy atom. The second kappa shape index (κ2) is 9.09. The van der Waals surface area contributed by atoms with Crippen molar-refractivity contribution in [1.29, 1.82) is 0 Å². The van der Waals surface area contributed by atoms with Crippen molar-refractivity contribution in [3.63, 3.8) is 0 Å². The number of ether oxygens (including phenoxy) is 1. The van der Waals surface area contributed by atoms with Crippen LogP contribution in [0.5, 0.6) is 0 Å². The van der Waals surface area contributed by atoms with Crippen molar-refractivity contribution in [3.8, 4) is 0 Å². The maximum atomic E-state index is 13.2. The van der Waals surface area contributed by atoms with Crippen molar-refractivity contribution >= 4 is 16.9 Å². The van der Waals surface area contributed by atoms with Crippen molar-refractivity contribution in [2.24, 2.45) is 17.8 Å². The van der Waals surface area contributed by atoms with E-state index in [2.05, 4.69) is 21.8 Å². The first-order valence-corrected chi connectivity index (χ1v) is 12.1. The van der Waals surface area contributed by atoms with E-state index in [-0.39, 0.29) is 5.91 Å². The number of hydrogen-bond acceptors (Lipinski definition) is 3. The lowest BCUT2D eigenvalue weighted by Crippen LogP contribution is -2.40. The third kappa shape index (κ3) is 4.14. The minimum atomic E-state index is 0.0988. The lowest BCUT2D eigenvalue weighted by atomic mass is 9.71. The highest BCUT2D eigenvalue weighted by atomic mass is 16.5. The van der Waals surface area contributed by atoms with Gasteiger partial charge in [0.2, 0.25) is 0 Å². The molecule has 0 unspecified atom stereocenters. The van der Waals surface area contributed by atoms with Crippen LogP contribution < -0.4 is 0 Å². The third-order valence-corrected chi connectivity index (χ3v) is 7.83. The Morgan fingerprint density at radius 3 is 2.50 bits per heavy atom. The monoisotopic (exact) mass is 409 g/mol. The zero-order valence-electron chi connectivity index (χ0n) is 18.1. The Bertz CT molecular complexity index is 856. The van der Waals surface area contributed by atoms with Gasteiger partial charge in [0, 0.05) is 32.0 Å². The van der Waals surface area contributed by atoms with Crippen LogP contribution in [0.2, 0.25) is 0 Å². The van der Waals surface area contributed by atoms with Crippen LogP contribution in [0.3, 0.4) is 0 Å². The van der Waals surface area contributed by atoms with Gasteiger partial charge < -0.3 is 14.2 Å². The van der Waals surface area contributed by atoms with E-state index >= 15 is 0 Å². The van der Waals surface area contributed by atoms with Gasteiger partial charge in [0.25, 0.3) is 5.91 Å². The molecule has 1 aliphatic heterocycles. The zero-order valence-corrected chi connectivity index (χ0v) is 18.1. The Hall–Kier alpha value is -1.88. The Balaban J connectivity index is 1.28. The van der Waals surface area contributed by atoms with E-state index in [1.807, 2.05) is 11.0 Å². The molecular formula is C25H35N3O2. The quantitative estimate of drug-likeness (QED) is 0.722. The van der Waals surface area contributed by atoms with E-state index in [0.29, 0.717) is 32.2 Å². The number of aromatic nitrogens is 2. The smallest absolute Gasteiger partial charge is 0.257 e. The molecule has 5 heteroatoms. The number of carbonyl (C=O) groups excluding carboxylic acids is 1. The first-order chi connectivity index (χ1) is 14.8. The van der Waals surface area contributed by atoms with E-state index in [1.54, 1.807) is 6.20 Å². The van der Waals surface area contributed by atoms with Crippen LogP contribution in [0.4, 0.5) is 0 Å². The van der Waals surface area contributed by atoms with Crippen LogP contribution >= 0.6 is 0 Å². The molecule has 5 rings (SSSR count). The van der Waals surface area contributed by atoms with Crippen LogP contribution in [0.15, 0.2) is 24.5 Å². The second-order valence-electron chi connectivity index (χ2n) is 9.65. The van der Waals surface area contributed by atoms with Crippen molar-refractivity contribution in [3.05, 3.63) is 30.1 Å². The number of carbonyl (C=O) groups is 1. The highest BCUT2D eigenvalue weighted by molar-refractivity contribution is 6.05. The van der Waals surface area contributed by atoms with Crippen LogP contribution in [-0.4, -0.2) is 46.7 Å². The van der Waals surface area contributed by atoms with Crippen LogP contribution in [-0.2, 0) is 11.3 Å². The first kappa shape index (κ1) is 20.0. The summed E-state index contributed by atoms with van der Waals surface area (Å²) in [5.41, 5.74) is 2.71. The number of rotatable bonds is 4. The molecule has 0 aromatic carbocycles. The van der Waals surface area contributed by atoms with Crippen molar-refractivity contribution in [1.82, 2.24) is 14.5 Å². The number of hydrogen-bond donors (Lipinski definition) is 0. The SMILES string of the molecule is O=C(c1cn(CC2CCC(C3CCCCC3)CC2)c2cccnc12)N1CCOCC1. The summed E-state index contributed by atoms with van der Waals surface area (Å²) in [6.07, 6.45) is 16.6. The molecule has 3 fully saturated rings. The van der Waals surface area contributed by atoms with Crippen molar-refractivity contribution in [2.75, 3.05) is 26.3 Å². The lowest BCUT2D eigenvalue weighted by Gasteiger charge is -2.36. The molecule has 3 aliphatic rings. The third-order valence-electron chi connectivity index (χ3n) is 7.83. The maximum Gasteiger partial charge on any atom is 0.257 e. The summed E-state index contributed by atoms with van der Waals surface area (Å²) in [6.45, 7) is 3.60. The van der Waals surface area contributed by atoms with Crippen molar-refractivity contribution < 1.29 is 9.53 Å². The minimum absolute atomic E-state index is 0.0988. The van der Waals surface area contributed by atoms with Crippen LogP contribution in [0.25, 0.3) is 11.0 Å². The van der Waals surface area contributed by atoms with E-state index < -0.39 is 0 Å². The molecule has 2 aliphatic carbocycles. The Kier molecular flexibility index (Phi) is 6.07. The topological polar surface area (TPSA) is 47.4 Å². The van der Waals surface area contributed by atoms with Gasteiger partial charge in [-0.25, -0.2) is 0 Å². The van der Waals surface area contributed by atoms with E-state index in [9.17, 15) is 4.79 Å². The number of fused-ring (bicyclic) bond motifs is 1. The molecule has 0 radical (unpaired) electrons. The summed E-state index contributed by atoms with van der Waals surface area (Å²) in [6, 6.07) is 4.11. The fourth-order valence-electron chi connectivity index (χ4n) is 6.09. The van der Waals surface area contributed by atoms with Gasteiger partial charge in [-0.2, -0.15) is 0 Å². The number of amides is 1. The van der Waals surface area contributed by atoms with Gasteiger partial charge in [-0.3, -0.25) is 9.78 Å². The number of morpholine rings is 1. The molecule has 2 aromatic heterocycles. The maximum absolute atomic E-state index is 13.2. The summed E-state index contributed by atoms with van der Waals surface area (Å²) >= 11 is 0. The molecule has 1 saturated heterocycles. The first-order valence-electron chi connectivity index (χ1n) is 12.1. The molecule has 30 heavy (non-hydrogen) atoms.